The third-order valence-corrected chi connectivity index (χ3v) is 2.94. The Kier molecular flexibility index (Phi) is 2.66. The van der Waals surface area contributed by atoms with E-state index in [1.54, 1.807) is 6.92 Å². The molecule has 1 heterocycles. The highest BCUT2D eigenvalue weighted by atomic mass is 35.5. The van der Waals surface area contributed by atoms with Crippen molar-refractivity contribution >= 4 is 16.6 Å². The lowest BCUT2D eigenvalue weighted by atomic mass is 10.1. The molecule has 2 rings (SSSR count). The Bertz CT molecular complexity index is 471. The summed E-state index contributed by atoms with van der Waals surface area (Å²) in [4.78, 5) is 0. The fourth-order valence-electron chi connectivity index (χ4n) is 1.59. The molecule has 0 unspecified atom stereocenters. The molecule has 0 bridgehead atoms. The molecule has 0 fully saturated rings. The third-order valence-electron chi connectivity index (χ3n) is 2.44. The van der Waals surface area contributed by atoms with E-state index in [0.717, 1.165) is 29.9 Å². The quantitative estimate of drug-likeness (QED) is 0.680. The van der Waals surface area contributed by atoms with Crippen LogP contribution in [0.15, 0.2) is 23.8 Å². The SMILES string of the molecule is C/C(C#N)=C(/Cl)c1ccc2c(c1)CCO2. The molecule has 0 spiro atoms. The van der Waals surface area contributed by atoms with Crippen LogP contribution in [0.2, 0.25) is 0 Å². The molecule has 0 saturated heterocycles. The van der Waals surface area contributed by atoms with Gasteiger partial charge in [0.05, 0.1) is 17.7 Å². The highest BCUT2D eigenvalue weighted by Crippen LogP contribution is 2.30. The lowest BCUT2D eigenvalue weighted by Crippen LogP contribution is -1.85. The average molecular weight is 220 g/mol. The van der Waals surface area contributed by atoms with E-state index in [0.29, 0.717) is 10.6 Å². The minimum atomic E-state index is 0.521. The number of ether oxygens (including phenoxy) is 1. The molecule has 3 heteroatoms. The summed E-state index contributed by atoms with van der Waals surface area (Å²) < 4.78 is 5.40. The van der Waals surface area contributed by atoms with Crippen LogP contribution in [0.3, 0.4) is 0 Å². The summed E-state index contributed by atoms with van der Waals surface area (Å²) in [5.74, 6) is 0.929. The van der Waals surface area contributed by atoms with Gasteiger partial charge in [0.2, 0.25) is 0 Å². The maximum absolute atomic E-state index is 8.74. The first-order valence-electron chi connectivity index (χ1n) is 4.75. The Morgan fingerprint density at radius 3 is 3.07 bits per heavy atom. The first-order valence-corrected chi connectivity index (χ1v) is 5.12. The van der Waals surface area contributed by atoms with Gasteiger partial charge in [0.25, 0.3) is 0 Å². The first-order chi connectivity index (χ1) is 7.22. The van der Waals surface area contributed by atoms with Crippen molar-refractivity contribution in [3.8, 4) is 11.8 Å². The lowest BCUT2D eigenvalue weighted by molar-refractivity contribution is 0.357. The summed E-state index contributed by atoms with van der Waals surface area (Å²) in [6.07, 6.45) is 0.916. The smallest absolute Gasteiger partial charge is 0.122 e. The first kappa shape index (κ1) is 10.1. The Balaban J connectivity index is 2.44. The molecular weight excluding hydrogens is 210 g/mol. The molecule has 0 atom stereocenters. The fourth-order valence-corrected chi connectivity index (χ4v) is 1.75. The van der Waals surface area contributed by atoms with Crippen molar-refractivity contribution in [3.05, 3.63) is 34.9 Å². The van der Waals surface area contributed by atoms with Gasteiger partial charge in [-0.3, -0.25) is 0 Å². The molecule has 0 aromatic heterocycles. The molecule has 1 aromatic carbocycles. The van der Waals surface area contributed by atoms with Crippen molar-refractivity contribution in [3.63, 3.8) is 0 Å². The van der Waals surface area contributed by atoms with Crippen LogP contribution in [0.1, 0.15) is 18.1 Å². The van der Waals surface area contributed by atoms with Crippen molar-refractivity contribution < 1.29 is 4.74 Å². The number of rotatable bonds is 1. The normalized spacial score (nSPS) is 15.0. The summed E-state index contributed by atoms with van der Waals surface area (Å²) in [5, 5.41) is 9.26. The second-order valence-electron chi connectivity index (χ2n) is 3.47. The van der Waals surface area contributed by atoms with Gasteiger partial charge in [-0.1, -0.05) is 11.6 Å². The minimum Gasteiger partial charge on any atom is -0.493 e. The van der Waals surface area contributed by atoms with E-state index in [1.807, 2.05) is 24.3 Å². The van der Waals surface area contributed by atoms with Gasteiger partial charge >= 0.3 is 0 Å². The zero-order valence-corrected chi connectivity index (χ0v) is 9.14. The Morgan fingerprint density at radius 2 is 2.33 bits per heavy atom. The molecule has 0 radical (unpaired) electrons. The van der Waals surface area contributed by atoms with Gasteiger partial charge in [0, 0.05) is 12.0 Å². The molecule has 0 aliphatic carbocycles. The Hall–Kier alpha value is -1.46. The molecule has 1 aliphatic rings. The molecule has 0 saturated carbocycles. The van der Waals surface area contributed by atoms with E-state index in [4.69, 9.17) is 21.6 Å². The van der Waals surface area contributed by atoms with Gasteiger partial charge in [-0.05, 0) is 36.2 Å². The molecule has 0 N–H and O–H groups in total. The zero-order chi connectivity index (χ0) is 10.8. The van der Waals surface area contributed by atoms with Crippen LogP contribution >= 0.6 is 11.6 Å². The van der Waals surface area contributed by atoms with E-state index >= 15 is 0 Å². The zero-order valence-electron chi connectivity index (χ0n) is 8.38. The number of benzene rings is 1. The summed E-state index contributed by atoms with van der Waals surface area (Å²) in [6, 6.07) is 7.83. The second kappa shape index (κ2) is 3.96. The molecule has 15 heavy (non-hydrogen) atoms. The predicted octanol–water partition coefficient (Wildman–Crippen LogP) is 3.11. The highest BCUT2D eigenvalue weighted by Gasteiger charge is 2.13. The van der Waals surface area contributed by atoms with Crippen molar-refractivity contribution in [2.75, 3.05) is 6.61 Å². The van der Waals surface area contributed by atoms with Crippen molar-refractivity contribution in [2.24, 2.45) is 0 Å². The minimum absolute atomic E-state index is 0.521. The van der Waals surface area contributed by atoms with Crippen LogP contribution in [0.4, 0.5) is 0 Å². The topological polar surface area (TPSA) is 33.0 Å². The number of hydrogen-bond donors (Lipinski definition) is 0. The highest BCUT2D eigenvalue weighted by molar-refractivity contribution is 6.49. The maximum atomic E-state index is 8.74. The number of nitrogens with zero attached hydrogens (tertiary/aromatic N) is 1. The molecule has 1 aliphatic heterocycles. The van der Waals surface area contributed by atoms with Crippen LogP contribution in [-0.2, 0) is 6.42 Å². The number of allylic oxidation sites excluding steroid dienone is 1. The van der Waals surface area contributed by atoms with E-state index in [1.165, 1.54) is 0 Å². The predicted molar refractivity (Wildman–Crippen MR) is 59.7 cm³/mol. The Morgan fingerprint density at radius 1 is 1.53 bits per heavy atom. The van der Waals surface area contributed by atoms with E-state index in [9.17, 15) is 0 Å². The van der Waals surface area contributed by atoms with Crippen LogP contribution in [-0.4, -0.2) is 6.61 Å². The summed E-state index contributed by atoms with van der Waals surface area (Å²) >= 11 is 6.07. The number of nitriles is 1. The second-order valence-corrected chi connectivity index (χ2v) is 3.85. The number of hydrogen-bond acceptors (Lipinski definition) is 2. The third kappa shape index (κ3) is 1.84. The van der Waals surface area contributed by atoms with E-state index < -0.39 is 0 Å². The van der Waals surface area contributed by atoms with Crippen molar-refractivity contribution in [2.45, 2.75) is 13.3 Å². The monoisotopic (exact) mass is 219 g/mol. The molecule has 0 amide bonds. The maximum Gasteiger partial charge on any atom is 0.122 e. The van der Waals surface area contributed by atoms with Gasteiger partial charge in [0.1, 0.15) is 5.75 Å². The standard InChI is InChI=1S/C12H10ClNO/c1-8(7-14)12(13)10-2-3-11-9(6-10)4-5-15-11/h2-3,6H,4-5H2,1H3/b12-8-. The number of fused-ring (bicyclic) bond motifs is 1. The summed E-state index contributed by atoms with van der Waals surface area (Å²) in [6.45, 7) is 2.45. The van der Waals surface area contributed by atoms with E-state index in [-0.39, 0.29) is 0 Å². The average Bonchev–Trinajstić information content (AvgIpc) is 2.73. The van der Waals surface area contributed by atoms with Crippen LogP contribution in [0, 0.1) is 11.3 Å². The van der Waals surface area contributed by atoms with Gasteiger partial charge in [-0.25, -0.2) is 0 Å². The van der Waals surface area contributed by atoms with E-state index in [2.05, 4.69) is 0 Å². The van der Waals surface area contributed by atoms with Gasteiger partial charge in [0.15, 0.2) is 0 Å². The van der Waals surface area contributed by atoms with Gasteiger partial charge in [-0.2, -0.15) is 5.26 Å². The molecule has 76 valence electrons. The van der Waals surface area contributed by atoms with Crippen LogP contribution < -0.4 is 4.74 Å². The summed E-state index contributed by atoms with van der Waals surface area (Å²) in [7, 11) is 0. The fraction of sp³-hybridized carbons (Fsp3) is 0.250. The largest absolute Gasteiger partial charge is 0.493 e. The molecule has 1 aromatic rings. The molecular formula is C12H10ClNO. The summed E-state index contributed by atoms with van der Waals surface area (Å²) in [5.41, 5.74) is 2.59. The van der Waals surface area contributed by atoms with Crippen molar-refractivity contribution in [1.82, 2.24) is 0 Å². The lowest BCUT2D eigenvalue weighted by Gasteiger charge is -2.03. The molecule has 2 nitrogen and oxygen atoms in total. The Labute approximate surface area is 93.7 Å². The van der Waals surface area contributed by atoms with Gasteiger partial charge in [-0.15, -0.1) is 0 Å². The van der Waals surface area contributed by atoms with Crippen LogP contribution in [0.5, 0.6) is 5.75 Å². The van der Waals surface area contributed by atoms with Gasteiger partial charge < -0.3 is 4.74 Å². The van der Waals surface area contributed by atoms with Crippen molar-refractivity contribution in [1.29, 1.82) is 5.26 Å². The number of halogens is 1. The van der Waals surface area contributed by atoms with Crippen LogP contribution in [0.25, 0.3) is 5.03 Å².